The molecule has 32 heavy (non-hydrogen) atoms. The van der Waals surface area contributed by atoms with Crippen molar-refractivity contribution in [1.29, 1.82) is 0 Å². The van der Waals surface area contributed by atoms with Crippen molar-refractivity contribution in [3.05, 3.63) is 69.0 Å². The van der Waals surface area contributed by atoms with Gasteiger partial charge in [-0.25, -0.2) is 9.37 Å². The van der Waals surface area contributed by atoms with Gasteiger partial charge < -0.3 is 9.26 Å². The van der Waals surface area contributed by atoms with Crippen molar-refractivity contribution in [3.63, 3.8) is 0 Å². The van der Waals surface area contributed by atoms with Gasteiger partial charge in [0.15, 0.2) is 5.16 Å². The second-order valence-electron chi connectivity index (χ2n) is 7.12. The number of hydrogen-bond acceptors (Lipinski definition) is 7. The zero-order chi connectivity index (χ0) is 22.7. The number of hydrogen-bond donors (Lipinski definition) is 0. The van der Waals surface area contributed by atoms with E-state index in [2.05, 4.69) is 15.1 Å². The minimum Gasteiger partial charge on any atom is -0.385 e. The minimum atomic E-state index is -0.331. The summed E-state index contributed by atoms with van der Waals surface area (Å²) in [6.45, 7) is 2.67. The molecule has 4 rings (SSSR count). The Balaban J connectivity index is 1.60. The number of aryl methyl sites for hydroxylation is 1. The number of halogens is 2. The predicted octanol–water partition coefficient (Wildman–Crippen LogP) is 4.88. The number of rotatable bonds is 8. The summed E-state index contributed by atoms with van der Waals surface area (Å²) in [5, 5.41) is 5.46. The van der Waals surface area contributed by atoms with Gasteiger partial charge in [-0.3, -0.25) is 9.36 Å². The quantitative estimate of drug-likeness (QED) is 0.204. The third-order valence-electron chi connectivity index (χ3n) is 4.84. The average Bonchev–Trinajstić information content (AvgIpc) is 3.25. The Morgan fingerprint density at radius 2 is 2.06 bits per heavy atom. The van der Waals surface area contributed by atoms with Gasteiger partial charge >= 0.3 is 0 Å². The summed E-state index contributed by atoms with van der Waals surface area (Å²) >= 11 is 7.39. The summed E-state index contributed by atoms with van der Waals surface area (Å²) in [5.74, 6) is 0.608. The highest BCUT2D eigenvalue weighted by Crippen LogP contribution is 2.25. The van der Waals surface area contributed by atoms with Crippen LogP contribution in [-0.4, -0.2) is 33.4 Å². The number of thioether (sulfide) groups is 1. The van der Waals surface area contributed by atoms with Crippen molar-refractivity contribution in [2.45, 2.75) is 30.8 Å². The molecule has 0 saturated carbocycles. The fourth-order valence-corrected chi connectivity index (χ4v) is 4.17. The largest absolute Gasteiger partial charge is 0.385 e. The first kappa shape index (κ1) is 22.4. The van der Waals surface area contributed by atoms with Gasteiger partial charge in [0, 0.05) is 30.8 Å². The summed E-state index contributed by atoms with van der Waals surface area (Å²) < 4.78 is 25.9. The Bertz CT molecular complexity index is 1320. The molecule has 10 heteroatoms. The van der Waals surface area contributed by atoms with E-state index in [4.69, 9.17) is 20.9 Å². The minimum absolute atomic E-state index is 0.147. The lowest BCUT2D eigenvalue weighted by Crippen LogP contribution is -2.24. The monoisotopic (exact) mass is 474 g/mol. The van der Waals surface area contributed by atoms with Gasteiger partial charge in [-0.2, -0.15) is 4.98 Å². The van der Waals surface area contributed by atoms with Crippen LogP contribution in [0, 0.1) is 12.7 Å². The van der Waals surface area contributed by atoms with Crippen LogP contribution in [0.2, 0.25) is 5.02 Å². The topological polar surface area (TPSA) is 83.0 Å². The number of fused-ring (bicyclic) bond motifs is 1. The summed E-state index contributed by atoms with van der Waals surface area (Å²) in [7, 11) is 1.62. The van der Waals surface area contributed by atoms with Crippen LogP contribution in [0.25, 0.3) is 22.3 Å². The molecule has 2 aromatic carbocycles. The third kappa shape index (κ3) is 4.85. The molecule has 2 heterocycles. The van der Waals surface area contributed by atoms with Crippen LogP contribution < -0.4 is 5.56 Å². The maximum atomic E-state index is 13.9. The number of aromatic nitrogens is 4. The van der Waals surface area contributed by atoms with Crippen LogP contribution in [0.4, 0.5) is 4.39 Å². The molecule has 166 valence electrons. The highest BCUT2D eigenvalue weighted by Gasteiger charge is 2.15. The maximum absolute atomic E-state index is 13.9. The first-order valence-corrected chi connectivity index (χ1v) is 11.2. The third-order valence-corrected chi connectivity index (χ3v) is 6.03. The van der Waals surface area contributed by atoms with Gasteiger partial charge in [-0.15, -0.1) is 0 Å². The fourth-order valence-electron chi connectivity index (χ4n) is 3.14. The van der Waals surface area contributed by atoms with E-state index in [1.54, 1.807) is 48.9 Å². The molecule has 0 atom stereocenters. The standard InChI is InChI=1S/C22H20ClFN4O3S/c1-13-4-5-14(10-17(13)24)20-26-19(31-27-20)12-32-22-25-18-11-15(23)6-7-16(18)21(29)28(22)8-3-9-30-2/h4-7,10-11H,3,8-9,12H2,1-2H3. The lowest BCUT2D eigenvalue weighted by molar-refractivity contribution is 0.189. The Kier molecular flexibility index (Phi) is 6.88. The first-order chi connectivity index (χ1) is 15.5. The van der Waals surface area contributed by atoms with E-state index in [0.29, 0.717) is 69.2 Å². The molecule has 0 radical (unpaired) electrons. The Labute approximate surface area is 192 Å². The van der Waals surface area contributed by atoms with Crippen LogP contribution in [0.1, 0.15) is 17.9 Å². The molecule has 2 aromatic heterocycles. The molecule has 4 aromatic rings. The zero-order valence-corrected chi connectivity index (χ0v) is 19.0. The fraction of sp³-hybridized carbons (Fsp3) is 0.273. The van der Waals surface area contributed by atoms with Gasteiger partial charge in [0.05, 0.1) is 16.7 Å². The molecular weight excluding hydrogens is 455 g/mol. The van der Waals surface area contributed by atoms with Crippen molar-refractivity contribution in [1.82, 2.24) is 19.7 Å². The Morgan fingerprint density at radius 1 is 1.22 bits per heavy atom. The lowest BCUT2D eigenvalue weighted by Gasteiger charge is -2.12. The molecule has 0 aliphatic rings. The second kappa shape index (κ2) is 9.81. The van der Waals surface area contributed by atoms with Crippen LogP contribution in [0.3, 0.4) is 0 Å². The van der Waals surface area contributed by atoms with Crippen LogP contribution in [-0.2, 0) is 17.0 Å². The van der Waals surface area contributed by atoms with Crippen molar-refractivity contribution in [2.75, 3.05) is 13.7 Å². The van der Waals surface area contributed by atoms with E-state index < -0.39 is 0 Å². The van der Waals surface area contributed by atoms with Crippen molar-refractivity contribution >= 4 is 34.3 Å². The van der Waals surface area contributed by atoms with Crippen molar-refractivity contribution in [2.24, 2.45) is 0 Å². The van der Waals surface area contributed by atoms with E-state index >= 15 is 0 Å². The lowest BCUT2D eigenvalue weighted by atomic mass is 10.1. The molecule has 0 spiro atoms. The molecule has 0 fully saturated rings. The second-order valence-corrected chi connectivity index (χ2v) is 8.50. The number of nitrogens with zero attached hydrogens (tertiary/aromatic N) is 4. The molecule has 0 amide bonds. The smallest absolute Gasteiger partial charge is 0.262 e. The molecule has 0 saturated heterocycles. The average molecular weight is 475 g/mol. The molecule has 0 unspecified atom stereocenters. The van der Waals surface area contributed by atoms with Crippen molar-refractivity contribution in [3.8, 4) is 11.4 Å². The van der Waals surface area contributed by atoms with E-state index in [0.717, 1.165) is 0 Å². The van der Waals surface area contributed by atoms with E-state index in [1.807, 2.05) is 0 Å². The van der Waals surface area contributed by atoms with E-state index in [-0.39, 0.29) is 11.4 Å². The molecule has 0 aliphatic heterocycles. The van der Waals surface area contributed by atoms with E-state index in [9.17, 15) is 9.18 Å². The van der Waals surface area contributed by atoms with E-state index in [1.165, 1.54) is 17.8 Å². The zero-order valence-electron chi connectivity index (χ0n) is 17.5. The Morgan fingerprint density at radius 3 is 2.84 bits per heavy atom. The van der Waals surface area contributed by atoms with Crippen molar-refractivity contribution < 1.29 is 13.7 Å². The molecule has 0 bridgehead atoms. The number of ether oxygens (including phenoxy) is 1. The number of benzene rings is 2. The molecule has 0 N–H and O–H groups in total. The van der Waals surface area contributed by atoms with Gasteiger partial charge in [0.2, 0.25) is 11.7 Å². The molecular formula is C22H20ClFN4O3S. The van der Waals surface area contributed by atoms with Crippen LogP contribution in [0.5, 0.6) is 0 Å². The predicted molar refractivity (Wildman–Crippen MR) is 121 cm³/mol. The van der Waals surface area contributed by atoms with Gasteiger partial charge in [-0.1, -0.05) is 40.7 Å². The summed E-state index contributed by atoms with van der Waals surface area (Å²) in [5.41, 5.74) is 1.45. The van der Waals surface area contributed by atoms with Crippen LogP contribution >= 0.6 is 23.4 Å². The molecule has 0 aliphatic carbocycles. The highest BCUT2D eigenvalue weighted by molar-refractivity contribution is 7.98. The van der Waals surface area contributed by atoms with Gasteiger partial charge in [0.1, 0.15) is 5.82 Å². The Hall–Kier alpha value is -2.75. The molecule has 7 nitrogen and oxygen atoms in total. The normalized spacial score (nSPS) is 11.4. The summed E-state index contributed by atoms with van der Waals surface area (Å²) in [6.07, 6.45) is 0.661. The number of methoxy groups -OCH3 is 1. The highest BCUT2D eigenvalue weighted by atomic mass is 35.5. The SMILES string of the molecule is COCCCn1c(SCc2nc(-c3ccc(C)c(F)c3)no2)nc2cc(Cl)ccc2c1=O. The summed E-state index contributed by atoms with van der Waals surface area (Å²) in [6, 6.07) is 9.80. The maximum Gasteiger partial charge on any atom is 0.262 e. The van der Waals surface area contributed by atoms with Gasteiger partial charge in [0.25, 0.3) is 5.56 Å². The summed E-state index contributed by atoms with van der Waals surface area (Å²) in [4.78, 5) is 22.0. The van der Waals surface area contributed by atoms with Crippen LogP contribution in [0.15, 0.2) is 50.9 Å². The van der Waals surface area contributed by atoms with Gasteiger partial charge in [-0.05, 0) is 43.2 Å². The first-order valence-electron chi connectivity index (χ1n) is 9.87.